The van der Waals surface area contributed by atoms with Gasteiger partial charge in [0.15, 0.2) is 31.5 Å². The minimum absolute atomic E-state index is 0.227. The molecular formula is C49H82N4O36. The maximum Gasteiger partial charge on any atom is 0.364 e. The lowest BCUT2D eigenvalue weighted by Crippen LogP contribution is -2.72. The molecule has 40 nitrogen and oxygen atoms in total. The molecule has 514 valence electrons. The molecule has 0 aromatic rings. The summed E-state index contributed by atoms with van der Waals surface area (Å²) < 4.78 is 70.4. The van der Waals surface area contributed by atoms with Gasteiger partial charge in [0.1, 0.15) is 140 Å². The average Bonchev–Trinajstić information content (AvgIpc) is 1.45. The number of aliphatic hydroxyl groups excluding tert-OH is 18. The van der Waals surface area contributed by atoms with Crippen molar-refractivity contribution in [2.75, 3.05) is 52.9 Å². The Morgan fingerprint density at radius 3 is 1.48 bits per heavy atom. The van der Waals surface area contributed by atoms with Gasteiger partial charge in [-0.15, -0.1) is 0 Å². The van der Waals surface area contributed by atoms with Gasteiger partial charge < -0.3 is 175 Å². The normalized spacial score (nSPS) is 43.8. The number of hydrogen-bond donors (Lipinski definition) is 23. The highest BCUT2D eigenvalue weighted by Crippen LogP contribution is 2.41. The summed E-state index contributed by atoms with van der Waals surface area (Å²) in [4.78, 5) is 62.5. The Morgan fingerprint density at radius 1 is 0.506 bits per heavy atom. The Morgan fingerprint density at radius 2 is 0.955 bits per heavy atom. The Bertz CT molecular complexity index is 2270. The van der Waals surface area contributed by atoms with Gasteiger partial charge in [0, 0.05) is 27.2 Å². The molecular weight excluding hydrogens is 1220 g/mol. The van der Waals surface area contributed by atoms with Gasteiger partial charge in [0.2, 0.25) is 24.1 Å². The SMILES string of the molecule is CC(=O)N[C@H]1[C@H](O[C@H]2[C@@H](O)[C@@H](CO)O[C@@H](O[C@H]3[C@@H](O)[C@@H](CO)O[C@@H](O[C@@H]4[C@H](O[C@]5(C(=O)O)C[C@H](O)[C@@H](NC(C)=O)[C@H]([C@H](O)[C@H](O)CO)O5)[C@@H](O)[C@H](O[C@H]5[C@H](O)[C@@H](O)[C@H](OC[C@@H](CO)NC=O)O[C@@H]5CO)O[C@@H]4CO)[C@@H]3NC(C)=O)[C@@H]2O)O[C@H](CO)[C@@H](O)[C@@H]1O. The summed E-state index contributed by atoms with van der Waals surface area (Å²) in [6.45, 7) is -5.17. The predicted molar refractivity (Wildman–Crippen MR) is 275 cm³/mol. The van der Waals surface area contributed by atoms with E-state index in [9.17, 15) is 121 Å². The summed E-state index contributed by atoms with van der Waals surface area (Å²) in [6.07, 6.45) is -58.1. The maximum atomic E-state index is 13.7. The van der Waals surface area contributed by atoms with Crippen molar-refractivity contribution in [1.29, 1.82) is 0 Å². The van der Waals surface area contributed by atoms with Crippen LogP contribution in [0.5, 0.6) is 0 Å². The van der Waals surface area contributed by atoms with Crippen molar-refractivity contribution in [2.45, 2.75) is 223 Å². The number of aliphatic carboxylic acids is 1. The Kier molecular flexibility index (Phi) is 27.4. The molecule has 89 heavy (non-hydrogen) atoms. The molecule has 32 atom stereocenters. The number of carbonyl (C=O) groups is 5. The van der Waals surface area contributed by atoms with Gasteiger partial charge in [0.25, 0.3) is 5.79 Å². The number of aliphatic hydroxyl groups is 18. The van der Waals surface area contributed by atoms with E-state index in [0.29, 0.717) is 0 Å². The van der Waals surface area contributed by atoms with Crippen LogP contribution in [0.15, 0.2) is 0 Å². The Balaban J connectivity index is 1.41. The van der Waals surface area contributed by atoms with Crippen molar-refractivity contribution in [2.24, 2.45) is 0 Å². The lowest BCUT2D eigenvalue weighted by molar-refractivity contribution is -0.404. The fourth-order valence-electron chi connectivity index (χ4n) is 11.0. The van der Waals surface area contributed by atoms with Crippen LogP contribution in [0.3, 0.4) is 0 Å². The van der Waals surface area contributed by atoms with E-state index in [1.54, 1.807) is 0 Å². The van der Waals surface area contributed by atoms with Crippen molar-refractivity contribution >= 4 is 30.1 Å². The number of carboxylic acid groups (broad SMARTS) is 1. The molecule has 6 heterocycles. The molecule has 4 amide bonds. The van der Waals surface area contributed by atoms with Gasteiger partial charge in [-0.3, -0.25) is 19.2 Å². The lowest BCUT2D eigenvalue weighted by Gasteiger charge is -2.53. The van der Waals surface area contributed by atoms with Gasteiger partial charge >= 0.3 is 5.97 Å². The molecule has 6 rings (SSSR count). The average molecular weight is 1300 g/mol. The number of hydrogen-bond acceptors (Lipinski definition) is 35. The van der Waals surface area contributed by atoms with E-state index in [4.69, 9.17) is 56.8 Å². The maximum absolute atomic E-state index is 13.7. The number of carbonyl (C=O) groups excluding carboxylic acids is 4. The van der Waals surface area contributed by atoms with Crippen LogP contribution in [0.25, 0.3) is 0 Å². The summed E-state index contributed by atoms with van der Waals surface area (Å²) in [7, 11) is 0. The molecule has 0 radical (unpaired) electrons. The third-order valence-electron chi connectivity index (χ3n) is 15.6. The minimum Gasteiger partial charge on any atom is -0.477 e. The second-order valence-corrected chi connectivity index (χ2v) is 21.9. The molecule has 6 aliphatic rings. The van der Waals surface area contributed by atoms with Crippen molar-refractivity contribution in [1.82, 2.24) is 21.3 Å². The van der Waals surface area contributed by atoms with Crippen LogP contribution in [0.4, 0.5) is 0 Å². The molecule has 6 saturated heterocycles. The first-order valence-electron chi connectivity index (χ1n) is 27.9. The molecule has 0 saturated carbocycles. The van der Waals surface area contributed by atoms with Crippen LogP contribution in [0, 0.1) is 0 Å². The summed E-state index contributed by atoms with van der Waals surface area (Å²) in [6, 6.07) is -6.57. The van der Waals surface area contributed by atoms with Crippen molar-refractivity contribution in [3.63, 3.8) is 0 Å². The first-order valence-corrected chi connectivity index (χ1v) is 27.9. The lowest BCUT2D eigenvalue weighted by atomic mass is 9.88. The van der Waals surface area contributed by atoms with Crippen molar-refractivity contribution < 1.29 is 178 Å². The first kappa shape index (κ1) is 74.2. The summed E-state index contributed by atoms with van der Waals surface area (Å²) in [5, 5.41) is 217. The second kappa shape index (κ2) is 32.8. The zero-order valence-electron chi connectivity index (χ0n) is 47.8. The van der Waals surface area contributed by atoms with E-state index < -0.39 is 279 Å². The second-order valence-electron chi connectivity index (χ2n) is 21.9. The van der Waals surface area contributed by atoms with Crippen LogP contribution < -0.4 is 21.3 Å². The first-order chi connectivity index (χ1) is 42.1. The fraction of sp³-hybridized carbons (Fsp3) is 0.898. The number of amides is 4. The molecule has 0 aromatic heterocycles. The number of rotatable bonds is 28. The van der Waals surface area contributed by atoms with Gasteiger partial charge in [-0.05, 0) is 0 Å². The van der Waals surface area contributed by atoms with Gasteiger partial charge in [0.05, 0.1) is 71.0 Å². The molecule has 6 fully saturated rings. The third kappa shape index (κ3) is 16.9. The standard InChI is InChI=1S/C49H82N4O36/c1-14(62)51-25-18(65)4-49(48(76)77,88-40(25)28(67)19(66)6-55)89-42-36(75)47(84-37-23(10-59)82-45(34(73)33(37)72)78-12-17(5-54)50-13-61)83-24(11-60)38(42)85-44-27(53-16(3)64)39(30(69)21(8-57)80-44)86-46-35(74)41(31(70)22(9-58)81-46)87-43-26(52-15(2)63)32(71)29(68)20(7-56)79-43/h13,17-47,54-60,65-75H,4-12H2,1-3H3,(H,50,61)(H,51,62)(H,52,63)(H,53,64)(H,76,77)/t17-,18+,19-,20-,21-,22-,23-,24-,25-,26-,27-,28-,29-,30+,31+,32-,33-,34-,35-,36-,37-,38+,39-,40-,41+,42-,43+,44+,45-,46+,47+,49+/m1/s1. The van der Waals surface area contributed by atoms with Gasteiger partial charge in [-0.25, -0.2) is 4.79 Å². The molecule has 0 spiro atoms. The summed E-state index contributed by atoms with van der Waals surface area (Å²) in [5.41, 5.74) is 0. The molecule has 0 bridgehead atoms. The predicted octanol–water partition coefficient (Wildman–Crippen LogP) is -15.3. The van der Waals surface area contributed by atoms with Crippen molar-refractivity contribution in [3.8, 4) is 0 Å². The van der Waals surface area contributed by atoms with Crippen LogP contribution in [-0.2, 0) is 80.8 Å². The van der Waals surface area contributed by atoms with E-state index in [-0.39, 0.29) is 6.41 Å². The Hall–Kier alpha value is -3.85. The quantitative estimate of drug-likeness (QED) is 0.0324. The van der Waals surface area contributed by atoms with E-state index in [1.165, 1.54) is 0 Å². The molecule has 40 heteroatoms. The summed E-state index contributed by atoms with van der Waals surface area (Å²) >= 11 is 0. The zero-order chi connectivity index (χ0) is 66.1. The number of ether oxygens (including phenoxy) is 12. The fourth-order valence-corrected chi connectivity index (χ4v) is 11.0. The highest BCUT2D eigenvalue weighted by atomic mass is 16.8. The van der Waals surface area contributed by atoms with E-state index >= 15 is 0 Å². The molecule has 6 aliphatic heterocycles. The van der Waals surface area contributed by atoms with E-state index in [2.05, 4.69) is 21.3 Å². The monoisotopic (exact) mass is 1300 g/mol. The molecule has 0 aromatic carbocycles. The topological polar surface area (TPSA) is 629 Å². The van der Waals surface area contributed by atoms with Crippen LogP contribution >= 0.6 is 0 Å². The van der Waals surface area contributed by atoms with Gasteiger partial charge in [-0.2, -0.15) is 0 Å². The van der Waals surface area contributed by atoms with E-state index in [1.807, 2.05) is 0 Å². The van der Waals surface area contributed by atoms with Crippen LogP contribution in [0.1, 0.15) is 27.2 Å². The Labute approximate surface area is 504 Å². The highest BCUT2D eigenvalue weighted by Gasteiger charge is 2.63. The minimum atomic E-state index is -3.43. The van der Waals surface area contributed by atoms with Crippen molar-refractivity contribution in [3.05, 3.63) is 0 Å². The largest absolute Gasteiger partial charge is 0.477 e. The molecule has 0 aliphatic carbocycles. The van der Waals surface area contributed by atoms with Crippen LogP contribution in [-0.4, -0.2) is 376 Å². The number of nitrogens with one attached hydrogen (secondary N) is 4. The third-order valence-corrected chi connectivity index (χ3v) is 15.6. The van der Waals surface area contributed by atoms with Gasteiger partial charge in [-0.1, -0.05) is 0 Å². The van der Waals surface area contributed by atoms with Crippen LogP contribution in [0.2, 0.25) is 0 Å². The number of carboxylic acids is 1. The molecule has 0 unspecified atom stereocenters. The van der Waals surface area contributed by atoms with E-state index in [0.717, 1.165) is 20.8 Å². The smallest absolute Gasteiger partial charge is 0.364 e. The highest BCUT2D eigenvalue weighted by molar-refractivity contribution is 5.77. The zero-order valence-corrected chi connectivity index (χ0v) is 47.8. The molecule has 23 N–H and O–H groups in total. The summed E-state index contributed by atoms with van der Waals surface area (Å²) in [5.74, 6) is -8.35.